The molecule has 2 rings (SSSR count). The Labute approximate surface area is 114 Å². The van der Waals surface area contributed by atoms with Gasteiger partial charge in [0.05, 0.1) is 5.41 Å². The summed E-state index contributed by atoms with van der Waals surface area (Å²) in [6.07, 6.45) is 2.46. The van der Waals surface area contributed by atoms with Gasteiger partial charge in [0.2, 0.25) is 0 Å². The molecular weight excluding hydrogens is 240 g/mol. The molecule has 4 nitrogen and oxygen atoms in total. The summed E-state index contributed by atoms with van der Waals surface area (Å²) in [4.78, 5) is 13.6. The lowest BCUT2D eigenvalue weighted by Gasteiger charge is -2.44. The van der Waals surface area contributed by atoms with Crippen molar-refractivity contribution in [2.24, 2.45) is 11.1 Å². The normalized spacial score (nSPS) is 18.5. The SMILES string of the molecule is CN(C)c1ccc([C@@H](CN)C2(C(=O)O)CCC2)cc1. The van der Waals surface area contributed by atoms with E-state index < -0.39 is 11.4 Å². The minimum Gasteiger partial charge on any atom is -0.481 e. The first-order chi connectivity index (χ1) is 9.01. The maximum absolute atomic E-state index is 11.6. The lowest BCUT2D eigenvalue weighted by Crippen LogP contribution is -2.45. The molecule has 4 heteroatoms. The van der Waals surface area contributed by atoms with E-state index in [-0.39, 0.29) is 5.92 Å². The summed E-state index contributed by atoms with van der Waals surface area (Å²) < 4.78 is 0. The van der Waals surface area contributed by atoms with Crippen LogP contribution in [0.4, 0.5) is 5.69 Å². The fourth-order valence-electron chi connectivity index (χ4n) is 2.95. The summed E-state index contributed by atoms with van der Waals surface area (Å²) in [6.45, 7) is 0.383. The van der Waals surface area contributed by atoms with Crippen LogP contribution in [0, 0.1) is 5.41 Å². The number of carbonyl (C=O) groups is 1. The number of anilines is 1. The molecular formula is C15H22N2O2. The number of hydrogen-bond acceptors (Lipinski definition) is 3. The van der Waals surface area contributed by atoms with Crippen LogP contribution in [0.1, 0.15) is 30.7 Å². The number of rotatable bonds is 5. The van der Waals surface area contributed by atoms with Gasteiger partial charge in [0.15, 0.2) is 0 Å². The average molecular weight is 262 g/mol. The maximum atomic E-state index is 11.6. The molecule has 0 saturated heterocycles. The third kappa shape index (κ3) is 2.32. The lowest BCUT2D eigenvalue weighted by molar-refractivity contribution is -0.156. The van der Waals surface area contributed by atoms with E-state index in [4.69, 9.17) is 5.73 Å². The van der Waals surface area contributed by atoms with Crippen molar-refractivity contribution in [3.8, 4) is 0 Å². The van der Waals surface area contributed by atoms with Crippen LogP contribution in [-0.4, -0.2) is 31.7 Å². The summed E-state index contributed by atoms with van der Waals surface area (Å²) in [7, 11) is 3.97. The Morgan fingerprint density at radius 2 is 1.95 bits per heavy atom. The molecule has 3 N–H and O–H groups in total. The predicted molar refractivity (Wildman–Crippen MR) is 76.5 cm³/mol. The molecule has 0 unspecified atom stereocenters. The topological polar surface area (TPSA) is 66.6 Å². The molecule has 1 atom stereocenters. The summed E-state index contributed by atoms with van der Waals surface area (Å²) in [5, 5.41) is 9.53. The second-order valence-electron chi connectivity index (χ2n) is 5.59. The first-order valence-electron chi connectivity index (χ1n) is 6.72. The first kappa shape index (κ1) is 13.9. The van der Waals surface area contributed by atoms with Crippen molar-refractivity contribution >= 4 is 11.7 Å². The molecule has 0 heterocycles. The van der Waals surface area contributed by atoms with E-state index in [1.807, 2.05) is 43.3 Å². The van der Waals surface area contributed by atoms with Crippen LogP contribution in [0.25, 0.3) is 0 Å². The highest BCUT2D eigenvalue weighted by molar-refractivity contribution is 5.77. The predicted octanol–water partition coefficient (Wildman–Crippen LogP) is 2.05. The zero-order valence-corrected chi connectivity index (χ0v) is 11.6. The van der Waals surface area contributed by atoms with Crippen LogP contribution in [0.3, 0.4) is 0 Å². The number of benzene rings is 1. The highest BCUT2D eigenvalue weighted by Crippen LogP contribution is 2.51. The molecule has 0 radical (unpaired) electrons. The Hall–Kier alpha value is -1.55. The van der Waals surface area contributed by atoms with Gasteiger partial charge >= 0.3 is 5.97 Å². The minimum atomic E-state index is -0.703. The van der Waals surface area contributed by atoms with Crippen molar-refractivity contribution in [3.05, 3.63) is 29.8 Å². The lowest BCUT2D eigenvalue weighted by atomic mass is 9.59. The number of carboxylic acids is 1. The third-order valence-electron chi connectivity index (χ3n) is 4.39. The smallest absolute Gasteiger partial charge is 0.310 e. The van der Waals surface area contributed by atoms with Crippen LogP contribution in [0.15, 0.2) is 24.3 Å². The molecule has 0 amide bonds. The quantitative estimate of drug-likeness (QED) is 0.852. The molecule has 0 bridgehead atoms. The van der Waals surface area contributed by atoms with Gasteiger partial charge < -0.3 is 15.7 Å². The van der Waals surface area contributed by atoms with Crippen molar-refractivity contribution in [1.29, 1.82) is 0 Å². The van der Waals surface area contributed by atoms with Crippen LogP contribution >= 0.6 is 0 Å². The molecule has 0 aromatic heterocycles. The zero-order valence-electron chi connectivity index (χ0n) is 11.6. The van der Waals surface area contributed by atoms with Gasteiger partial charge in [-0.05, 0) is 30.5 Å². The Kier molecular flexibility index (Phi) is 3.80. The van der Waals surface area contributed by atoms with Crippen LogP contribution < -0.4 is 10.6 Å². The summed E-state index contributed by atoms with van der Waals surface area (Å²) in [5.74, 6) is -0.791. The van der Waals surface area contributed by atoms with Crippen molar-refractivity contribution in [2.45, 2.75) is 25.2 Å². The average Bonchev–Trinajstić information content (AvgIpc) is 2.33. The Morgan fingerprint density at radius 3 is 2.26 bits per heavy atom. The van der Waals surface area contributed by atoms with Crippen LogP contribution in [0.2, 0.25) is 0 Å². The second-order valence-corrected chi connectivity index (χ2v) is 5.59. The van der Waals surface area contributed by atoms with Crippen LogP contribution in [-0.2, 0) is 4.79 Å². The molecule has 1 aliphatic carbocycles. The van der Waals surface area contributed by atoms with E-state index in [9.17, 15) is 9.90 Å². The largest absolute Gasteiger partial charge is 0.481 e. The molecule has 1 saturated carbocycles. The maximum Gasteiger partial charge on any atom is 0.310 e. The fraction of sp³-hybridized carbons (Fsp3) is 0.533. The van der Waals surface area contributed by atoms with Gasteiger partial charge in [-0.3, -0.25) is 4.79 Å². The highest BCUT2D eigenvalue weighted by atomic mass is 16.4. The second kappa shape index (κ2) is 5.21. The zero-order chi connectivity index (χ0) is 14.0. The Balaban J connectivity index is 2.29. The van der Waals surface area contributed by atoms with Crippen molar-refractivity contribution in [2.75, 3.05) is 25.5 Å². The van der Waals surface area contributed by atoms with E-state index in [0.29, 0.717) is 6.54 Å². The third-order valence-corrected chi connectivity index (χ3v) is 4.39. The minimum absolute atomic E-state index is 0.0880. The van der Waals surface area contributed by atoms with Gasteiger partial charge in [0.25, 0.3) is 0 Å². The number of hydrogen-bond donors (Lipinski definition) is 2. The molecule has 0 aliphatic heterocycles. The van der Waals surface area contributed by atoms with Crippen molar-refractivity contribution < 1.29 is 9.90 Å². The van der Waals surface area contributed by atoms with E-state index in [1.54, 1.807) is 0 Å². The Bertz CT molecular complexity index is 450. The molecule has 1 aromatic rings. The van der Waals surface area contributed by atoms with Crippen LogP contribution in [0.5, 0.6) is 0 Å². The first-order valence-corrected chi connectivity index (χ1v) is 6.72. The molecule has 104 valence electrons. The monoisotopic (exact) mass is 262 g/mol. The summed E-state index contributed by atoms with van der Waals surface area (Å²) >= 11 is 0. The van der Waals surface area contributed by atoms with Gasteiger partial charge in [-0.25, -0.2) is 0 Å². The molecule has 1 fully saturated rings. The Morgan fingerprint density at radius 1 is 1.37 bits per heavy atom. The van der Waals surface area contributed by atoms with Gasteiger partial charge in [0, 0.05) is 32.2 Å². The van der Waals surface area contributed by atoms with Gasteiger partial charge in [-0.1, -0.05) is 18.6 Å². The fourth-order valence-corrected chi connectivity index (χ4v) is 2.95. The van der Waals surface area contributed by atoms with Gasteiger partial charge in [-0.15, -0.1) is 0 Å². The number of carboxylic acid groups (broad SMARTS) is 1. The highest BCUT2D eigenvalue weighted by Gasteiger charge is 2.50. The summed E-state index contributed by atoms with van der Waals surface area (Å²) in [6, 6.07) is 8.06. The molecule has 19 heavy (non-hydrogen) atoms. The number of aliphatic carboxylic acids is 1. The number of nitrogens with zero attached hydrogens (tertiary/aromatic N) is 1. The van der Waals surface area contributed by atoms with Crippen molar-refractivity contribution in [3.63, 3.8) is 0 Å². The van der Waals surface area contributed by atoms with E-state index in [1.165, 1.54) is 0 Å². The standard InChI is InChI=1S/C15H22N2O2/c1-17(2)12-6-4-11(5-7-12)13(10-16)15(14(18)19)8-3-9-15/h4-7,13H,3,8-10,16H2,1-2H3,(H,18,19)/t13-/m1/s1. The van der Waals surface area contributed by atoms with Gasteiger partial charge in [0.1, 0.15) is 0 Å². The van der Waals surface area contributed by atoms with Crippen molar-refractivity contribution in [1.82, 2.24) is 0 Å². The molecule has 1 aromatic carbocycles. The van der Waals surface area contributed by atoms with E-state index in [0.717, 1.165) is 30.5 Å². The van der Waals surface area contributed by atoms with E-state index in [2.05, 4.69) is 0 Å². The number of nitrogens with two attached hydrogens (primary N) is 1. The molecule has 1 aliphatic rings. The van der Waals surface area contributed by atoms with E-state index >= 15 is 0 Å². The summed E-state index contributed by atoms with van der Waals surface area (Å²) in [5.41, 5.74) is 7.36. The van der Waals surface area contributed by atoms with Gasteiger partial charge in [-0.2, -0.15) is 0 Å². The molecule has 0 spiro atoms.